The molecule has 0 spiro atoms. The first kappa shape index (κ1) is 13.6. The molecule has 0 radical (unpaired) electrons. The van der Waals surface area contributed by atoms with Crippen molar-refractivity contribution in [3.8, 4) is 17.1 Å². The molecule has 0 unspecified atom stereocenters. The van der Waals surface area contributed by atoms with Gasteiger partial charge in [-0.25, -0.2) is 9.37 Å². The van der Waals surface area contributed by atoms with Crippen molar-refractivity contribution in [3.63, 3.8) is 0 Å². The average molecular weight is 284 g/mol. The third-order valence-electron chi connectivity index (χ3n) is 3.35. The predicted molar refractivity (Wildman–Crippen MR) is 81.9 cm³/mol. The van der Waals surface area contributed by atoms with Gasteiger partial charge in [0.05, 0.1) is 17.6 Å². The topological polar surface area (TPSA) is 37.9 Å². The fraction of sp³-hybridized carbons (Fsp3) is 0.235. The maximum atomic E-state index is 13.8. The molecule has 3 aromatic rings. The van der Waals surface area contributed by atoms with Crippen LogP contribution in [0.5, 0.6) is 5.75 Å². The molecular formula is C17H17FN2O. The van der Waals surface area contributed by atoms with Crippen molar-refractivity contribution in [2.24, 2.45) is 0 Å². The van der Waals surface area contributed by atoms with Gasteiger partial charge in [0.25, 0.3) is 0 Å². The van der Waals surface area contributed by atoms with Crippen LogP contribution < -0.4 is 4.74 Å². The third-order valence-corrected chi connectivity index (χ3v) is 3.35. The molecule has 1 heterocycles. The van der Waals surface area contributed by atoms with Gasteiger partial charge in [-0.15, -0.1) is 0 Å². The summed E-state index contributed by atoms with van der Waals surface area (Å²) in [5, 5.41) is 0. The van der Waals surface area contributed by atoms with Crippen LogP contribution in [0, 0.1) is 5.82 Å². The molecule has 0 atom stereocenters. The van der Waals surface area contributed by atoms with Gasteiger partial charge in [-0.3, -0.25) is 0 Å². The van der Waals surface area contributed by atoms with E-state index in [1.807, 2.05) is 24.3 Å². The molecule has 108 valence electrons. The molecule has 0 saturated heterocycles. The summed E-state index contributed by atoms with van der Waals surface area (Å²) >= 11 is 0. The third kappa shape index (κ3) is 2.89. The normalized spacial score (nSPS) is 11.0. The standard InChI is InChI=1S/C17H17FN2O/c1-2-3-10-21-16-11-12(8-9-13(16)18)17-19-14-6-4-5-7-15(14)20-17/h4-9,11H,2-3,10H2,1H3,(H,19,20). The Morgan fingerprint density at radius 2 is 2.05 bits per heavy atom. The smallest absolute Gasteiger partial charge is 0.165 e. The number of fused-ring (bicyclic) bond motifs is 1. The highest BCUT2D eigenvalue weighted by Gasteiger charge is 2.09. The minimum atomic E-state index is -0.342. The molecular weight excluding hydrogens is 267 g/mol. The summed E-state index contributed by atoms with van der Waals surface area (Å²) in [6, 6.07) is 12.6. The Bertz CT molecular complexity index is 718. The van der Waals surface area contributed by atoms with Gasteiger partial charge < -0.3 is 9.72 Å². The summed E-state index contributed by atoms with van der Waals surface area (Å²) in [5.74, 6) is 0.656. The van der Waals surface area contributed by atoms with Crippen LogP contribution in [0.1, 0.15) is 19.8 Å². The van der Waals surface area contributed by atoms with E-state index in [2.05, 4.69) is 16.9 Å². The van der Waals surface area contributed by atoms with Crippen molar-refractivity contribution < 1.29 is 9.13 Å². The number of ether oxygens (including phenoxy) is 1. The Morgan fingerprint density at radius 1 is 1.19 bits per heavy atom. The molecule has 2 aromatic carbocycles. The maximum Gasteiger partial charge on any atom is 0.165 e. The molecule has 0 amide bonds. The van der Waals surface area contributed by atoms with Crippen LogP contribution in [0.25, 0.3) is 22.4 Å². The lowest BCUT2D eigenvalue weighted by Gasteiger charge is -2.07. The van der Waals surface area contributed by atoms with Crippen molar-refractivity contribution in [2.75, 3.05) is 6.61 Å². The van der Waals surface area contributed by atoms with Gasteiger partial charge in [0.15, 0.2) is 11.6 Å². The van der Waals surface area contributed by atoms with Crippen LogP contribution in [-0.4, -0.2) is 16.6 Å². The molecule has 0 aliphatic heterocycles. The number of hydrogen-bond donors (Lipinski definition) is 1. The van der Waals surface area contributed by atoms with Crippen LogP contribution in [0.4, 0.5) is 4.39 Å². The van der Waals surface area contributed by atoms with E-state index in [-0.39, 0.29) is 11.6 Å². The SMILES string of the molecule is CCCCOc1cc(-c2nc3ccccc3[nH]2)ccc1F. The Morgan fingerprint density at radius 3 is 2.86 bits per heavy atom. The van der Waals surface area contributed by atoms with E-state index in [0.29, 0.717) is 6.61 Å². The van der Waals surface area contributed by atoms with Crippen molar-refractivity contribution in [2.45, 2.75) is 19.8 Å². The fourth-order valence-corrected chi connectivity index (χ4v) is 2.18. The molecule has 0 saturated carbocycles. The van der Waals surface area contributed by atoms with E-state index in [4.69, 9.17) is 4.74 Å². The van der Waals surface area contributed by atoms with Gasteiger partial charge in [0.1, 0.15) is 5.82 Å². The molecule has 4 heteroatoms. The number of aromatic amines is 1. The van der Waals surface area contributed by atoms with Crippen LogP contribution in [0.15, 0.2) is 42.5 Å². The van der Waals surface area contributed by atoms with E-state index in [1.165, 1.54) is 6.07 Å². The van der Waals surface area contributed by atoms with Crippen molar-refractivity contribution in [3.05, 3.63) is 48.3 Å². The summed E-state index contributed by atoms with van der Waals surface area (Å²) in [7, 11) is 0. The minimum absolute atomic E-state index is 0.279. The van der Waals surface area contributed by atoms with Gasteiger partial charge in [-0.2, -0.15) is 0 Å². The first-order valence-electron chi connectivity index (χ1n) is 7.15. The summed E-state index contributed by atoms with van der Waals surface area (Å²) in [6.45, 7) is 2.60. The van der Waals surface area contributed by atoms with Crippen molar-refractivity contribution >= 4 is 11.0 Å². The zero-order valence-electron chi connectivity index (χ0n) is 11.9. The van der Waals surface area contributed by atoms with E-state index >= 15 is 0 Å². The predicted octanol–water partition coefficient (Wildman–Crippen LogP) is 4.55. The monoisotopic (exact) mass is 284 g/mol. The number of para-hydroxylation sites is 2. The molecule has 0 aliphatic rings. The molecule has 0 fully saturated rings. The molecule has 3 rings (SSSR count). The van der Waals surface area contributed by atoms with Gasteiger partial charge >= 0.3 is 0 Å². The number of nitrogens with one attached hydrogen (secondary N) is 1. The van der Waals surface area contributed by atoms with Crippen molar-refractivity contribution in [1.29, 1.82) is 0 Å². The Kier molecular flexibility index (Phi) is 3.86. The quantitative estimate of drug-likeness (QED) is 0.698. The molecule has 3 nitrogen and oxygen atoms in total. The number of unbranched alkanes of at least 4 members (excludes halogenated alkanes) is 1. The van der Waals surface area contributed by atoms with Crippen LogP contribution in [0.3, 0.4) is 0 Å². The second-order valence-corrected chi connectivity index (χ2v) is 4.95. The van der Waals surface area contributed by atoms with Crippen LogP contribution >= 0.6 is 0 Å². The number of aromatic nitrogens is 2. The maximum absolute atomic E-state index is 13.8. The second-order valence-electron chi connectivity index (χ2n) is 4.95. The number of rotatable bonds is 5. The second kappa shape index (κ2) is 5.95. The molecule has 1 N–H and O–H groups in total. The fourth-order valence-electron chi connectivity index (χ4n) is 2.18. The highest BCUT2D eigenvalue weighted by molar-refractivity contribution is 5.79. The Balaban J connectivity index is 1.92. The molecule has 0 bridgehead atoms. The number of halogens is 1. The summed E-state index contributed by atoms with van der Waals surface area (Å²) < 4.78 is 19.3. The molecule has 1 aromatic heterocycles. The van der Waals surface area contributed by atoms with Crippen molar-refractivity contribution in [1.82, 2.24) is 9.97 Å². The zero-order valence-corrected chi connectivity index (χ0v) is 11.9. The van der Waals surface area contributed by atoms with Gasteiger partial charge in [-0.05, 0) is 36.8 Å². The van der Waals surface area contributed by atoms with Gasteiger partial charge in [-0.1, -0.05) is 25.5 Å². The summed E-state index contributed by atoms with van der Waals surface area (Å²) in [6.07, 6.45) is 1.93. The summed E-state index contributed by atoms with van der Waals surface area (Å²) in [5.41, 5.74) is 2.68. The number of H-pyrrole nitrogens is 1. The summed E-state index contributed by atoms with van der Waals surface area (Å²) in [4.78, 5) is 7.75. The lowest BCUT2D eigenvalue weighted by molar-refractivity contribution is 0.294. The number of imidazole rings is 1. The first-order chi connectivity index (χ1) is 10.3. The number of nitrogens with zero attached hydrogens (tertiary/aromatic N) is 1. The van der Waals surface area contributed by atoms with Crippen LogP contribution in [0.2, 0.25) is 0 Å². The minimum Gasteiger partial charge on any atom is -0.490 e. The Labute approximate surface area is 122 Å². The largest absolute Gasteiger partial charge is 0.490 e. The highest BCUT2D eigenvalue weighted by Crippen LogP contribution is 2.26. The Hall–Kier alpha value is -2.36. The lowest BCUT2D eigenvalue weighted by Crippen LogP contribution is -1.99. The zero-order chi connectivity index (χ0) is 14.7. The first-order valence-corrected chi connectivity index (χ1v) is 7.15. The van der Waals surface area contributed by atoms with E-state index in [0.717, 1.165) is 35.3 Å². The average Bonchev–Trinajstić information content (AvgIpc) is 2.93. The highest BCUT2D eigenvalue weighted by atomic mass is 19.1. The van der Waals surface area contributed by atoms with Gasteiger partial charge in [0.2, 0.25) is 0 Å². The molecule has 21 heavy (non-hydrogen) atoms. The lowest BCUT2D eigenvalue weighted by atomic mass is 10.2. The van der Waals surface area contributed by atoms with Crippen LogP contribution in [-0.2, 0) is 0 Å². The van der Waals surface area contributed by atoms with E-state index < -0.39 is 0 Å². The molecule has 0 aliphatic carbocycles. The van der Waals surface area contributed by atoms with E-state index in [9.17, 15) is 4.39 Å². The number of hydrogen-bond acceptors (Lipinski definition) is 2. The number of benzene rings is 2. The van der Waals surface area contributed by atoms with Gasteiger partial charge in [0, 0.05) is 5.56 Å². The van der Waals surface area contributed by atoms with E-state index in [1.54, 1.807) is 12.1 Å².